The van der Waals surface area contributed by atoms with Crippen molar-refractivity contribution in [1.29, 1.82) is 0 Å². The zero-order chi connectivity index (χ0) is 11.5. The van der Waals surface area contributed by atoms with Gasteiger partial charge < -0.3 is 9.88 Å². The van der Waals surface area contributed by atoms with Crippen molar-refractivity contribution in [3.63, 3.8) is 0 Å². The van der Waals surface area contributed by atoms with Crippen molar-refractivity contribution in [2.75, 3.05) is 6.54 Å². The van der Waals surface area contributed by atoms with E-state index in [9.17, 15) is 0 Å². The van der Waals surface area contributed by atoms with Crippen molar-refractivity contribution in [3.8, 4) is 0 Å². The van der Waals surface area contributed by atoms with Crippen LogP contribution in [0.2, 0.25) is 0 Å². The van der Waals surface area contributed by atoms with Gasteiger partial charge in [-0.3, -0.25) is 0 Å². The van der Waals surface area contributed by atoms with Crippen molar-refractivity contribution >= 4 is 0 Å². The van der Waals surface area contributed by atoms with Gasteiger partial charge in [0.25, 0.3) is 0 Å². The maximum absolute atomic E-state index is 4.33. The van der Waals surface area contributed by atoms with Gasteiger partial charge in [0.15, 0.2) is 0 Å². The fourth-order valence-electron chi connectivity index (χ4n) is 2.48. The van der Waals surface area contributed by atoms with Gasteiger partial charge in [-0.25, -0.2) is 4.98 Å². The Labute approximate surface area is 98.3 Å². The molecular formula is C13H23N3. The molecule has 16 heavy (non-hydrogen) atoms. The highest BCUT2D eigenvalue weighted by atomic mass is 15.1. The lowest BCUT2D eigenvalue weighted by atomic mass is 10.00. The van der Waals surface area contributed by atoms with E-state index < -0.39 is 0 Å². The summed E-state index contributed by atoms with van der Waals surface area (Å²) in [5.74, 6) is 0.703. The SMILES string of the molecule is CCC(C)C(C)n1cncc1C1CCCN1. The molecular weight excluding hydrogens is 198 g/mol. The molecule has 1 aromatic rings. The summed E-state index contributed by atoms with van der Waals surface area (Å²) in [6, 6.07) is 1.07. The molecule has 0 radical (unpaired) electrons. The predicted octanol–water partition coefficient (Wildman–Crippen LogP) is 2.91. The Hall–Kier alpha value is -0.830. The topological polar surface area (TPSA) is 29.9 Å². The van der Waals surface area contributed by atoms with Crippen LogP contribution in [0.5, 0.6) is 0 Å². The molecule has 0 amide bonds. The second kappa shape index (κ2) is 5.00. The average molecular weight is 221 g/mol. The Morgan fingerprint density at radius 3 is 3.00 bits per heavy atom. The van der Waals surface area contributed by atoms with E-state index in [-0.39, 0.29) is 0 Å². The number of imidazole rings is 1. The summed E-state index contributed by atoms with van der Waals surface area (Å²) >= 11 is 0. The predicted molar refractivity (Wildman–Crippen MR) is 66.4 cm³/mol. The number of aromatic nitrogens is 2. The molecule has 1 aliphatic rings. The smallest absolute Gasteiger partial charge is 0.0951 e. The molecule has 0 aromatic carbocycles. The van der Waals surface area contributed by atoms with E-state index in [1.807, 2.05) is 12.5 Å². The van der Waals surface area contributed by atoms with Crippen molar-refractivity contribution in [3.05, 3.63) is 18.2 Å². The maximum Gasteiger partial charge on any atom is 0.0951 e. The van der Waals surface area contributed by atoms with Gasteiger partial charge in [-0.1, -0.05) is 20.3 Å². The highest BCUT2D eigenvalue weighted by molar-refractivity contribution is 5.08. The van der Waals surface area contributed by atoms with Gasteiger partial charge in [-0.05, 0) is 32.2 Å². The summed E-state index contributed by atoms with van der Waals surface area (Å²) in [5.41, 5.74) is 1.37. The van der Waals surface area contributed by atoms with Crippen LogP contribution in [0.25, 0.3) is 0 Å². The first-order valence-electron chi connectivity index (χ1n) is 6.49. The summed E-state index contributed by atoms with van der Waals surface area (Å²) in [6.45, 7) is 8.02. The van der Waals surface area contributed by atoms with Gasteiger partial charge in [-0.2, -0.15) is 0 Å². The van der Waals surface area contributed by atoms with Crippen LogP contribution >= 0.6 is 0 Å². The van der Waals surface area contributed by atoms with Gasteiger partial charge >= 0.3 is 0 Å². The molecule has 0 aliphatic carbocycles. The Morgan fingerprint density at radius 2 is 2.38 bits per heavy atom. The number of nitrogens with one attached hydrogen (secondary N) is 1. The monoisotopic (exact) mass is 221 g/mol. The van der Waals surface area contributed by atoms with Crippen molar-refractivity contribution in [2.24, 2.45) is 5.92 Å². The third kappa shape index (κ3) is 2.14. The van der Waals surface area contributed by atoms with E-state index in [0.29, 0.717) is 18.0 Å². The second-order valence-electron chi connectivity index (χ2n) is 5.00. The van der Waals surface area contributed by atoms with E-state index >= 15 is 0 Å². The highest BCUT2D eigenvalue weighted by Gasteiger charge is 2.23. The molecule has 0 saturated carbocycles. The van der Waals surface area contributed by atoms with Crippen LogP contribution in [-0.2, 0) is 0 Å². The molecule has 0 bridgehead atoms. The van der Waals surface area contributed by atoms with Crippen molar-refractivity contribution in [1.82, 2.24) is 14.9 Å². The molecule has 1 fully saturated rings. The molecule has 3 atom stereocenters. The number of hydrogen-bond acceptors (Lipinski definition) is 2. The maximum atomic E-state index is 4.33. The Bertz CT molecular complexity index is 326. The lowest BCUT2D eigenvalue weighted by Gasteiger charge is -2.24. The minimum absolute atomic E-state index is 0.522. The van der Waals surface area contributed by atoms with Crippen molar-refractivity contribution in [2.45, 2.75) is 52.1 Å². The Balaban J connectivity index is 2.17. The van der Waals surface area contributed by atoms with Crippen LogP contribution in [0.3, 0.4) is 0 Å². The lowest BCUT2D eigenvalue weighted by molar-refractivity contribution is 0.354. The molecule has 1 aliphatic heterocycles. The van der Waals surface area contributed by atoms with E-state index in [2.05, 4.69) is 35.6 Å². The average Bonchev–Trinajstić information content (AvgIpc) is 2.95. The molecule has 0 spiro atoms. The normalized spacial score (nSPS) is 24.6. The Kier molecular flexibility index (Phi) is 3.64. The quantitative estimate of drug-likeness (QED) is 0.847. The largest absolute Gasteiger partial charge is 0.330 e. The van der Waals surface area contributed by atoms with Gasteiger partial charge in [-0.15, -0.1) is 0 Å². The molecule has 3 unspecified atom stereocenters. The van der Waals surface area contributed by atoms with E-state index in [1.165, 1.54) is 25.0 Å². The minimum Gasteiger partial charge on any atom is -0.330 e. The van der Waals surface area contributed by atoms with Crippen LogP contribution < -0.4 is 5.32 Å². The second-order valence-corrected chi connectivity index (χ2v) is 5.00. The summed E-state index contributed by atoms with van der Waals surface area (Å²) in [4.78, 5) is 4.33. The fraction of sp³-hybridized carbons (Fsp3) is 0.769. The number of rotatable bonds is 4. The summed E-state index contributed by atoms with van der Waals surface area (Å²) in [7, 11) is 0. The summed E-state index contributed by atoms with van der Waals surface area (Å²) in [6.07, 6.45) is 7.78. The molecule has 3 heteroatoms. The van der Waals surface area contributed by atoms with Gasteiger partial charge in [0.05, 0.1) is 12.0 Å². The van der Waals surface area contributed by atoms with E-state index in [4.69, 9.17) is 0 Å². The van der Waals surface area contributed by atoms with E-state index in [1.54, 1.807) is 0 Å². The van der Waals surface area contributed by atoms with Gasteiger partial charge in [0, 0.05) is 18.3 Å². The number of nitrogens with zero attached hydrogens (tertiary/aromatic N) is 2. The van der Waals surface area contributed by atoms with Gasteiger partial charge in [0.2, 0.25) is 0 Å². The zero-order valence-corrected chi connectivity index (χ0v) is 10.6. The third-order valence-electron chi connectivity index (χ3n) is 4.02. The molecule has 1 N–H and O–H groups in total. The van der Waals surface area contributed by atoms with Crippen LogP contribution in [0, 0.1) is 5.92 Å². The fourth-order valence-corrected chi connectivity index (χ4v) is 2.48. The van der Waals surface area contributed by atoms with Crippen LogP contribution in [-0.4, -0.2) is 16.1 Å². The third-order valence-corrected chi connectivity index (χ3v) is 4.02. The summed E-state index contributed by atoms with van der Waals surface area (Å²) in [5, 5.41) is 3.55. The van der Waals surface area contributed by atoms with Crippen LogP contribution in [0.15, 0.2) is 12.5 Å². The highest BCUT2D eigenvalue weighted by Crippen LogP contribution is 2.28. The molecule has 3 nitrogen and oxygen atoms in total. The zero-order valence-electron chi connectivity index (χ0n) is 10.6. The first-order valence-corrected chi connectivity index (χ1v) is 6.49. The molecule has 1 aromatic heterocycles. The van der Waals surface area contributed by atoms with E-state index in [0.717, 1.165) is 6.54 Å². The molecule has 1 saturated heterocycles. The number of hydrogen-bond donors (Lipinski definition) is 1. The van der Waals surface area contributed by atoms with Crippen molar-refractivity contribution < 1.29 is 0 Å². The molecule has 2 heterocycles. The lowest BCUT2D eigenvalue weighted by Crippen LogP contribution is -2.21. The molecule has 2 rings (SSSR count). The van der Waals surface area contributed by atoms with Gasteiger partial charge in [0.1, 0.15) is 0 Å². The first-order chi connectivity index (χ1) is 7.74. The standard InChI is InChI=1S/C13H23N3/c1-4-10(2)11(3)16-9-14-8-13(16)12-6-5-7-15-12/h8-12,15H,4-7H2,1-3H3. The van der Waals surface area contributed by atoms with Crippen LogP contribution in [0.1, 0.15) is 57.8 Å². The first kappa shape index (κ1) is 11.6. The molecule has 90 valence electrons. The minimum atomic E-state index is 0.522. The summed E-state index contributed by atoms with van der Waals surface area (Å²) < 4.78 is 2.36. The van der Waals surface area contributed by atoms with Crippen LogP contribution in [0.4, 0.5) is 0 Å². The Morgan fingerprint density at radius 1 is 1.56 bits per heavy atom.